The third kappa shape index (κ3) is 5.21. The van der Waals surface area contributed by atoms with Gasteiger partial charge >= 0.3 is 0 Å². The Balaban J connectivity index is 2.61. The van der Waals surface area contributed by atoms with E-state index in [2.05, 4.69) is 31.3 Å². The summed E-state index contributed by atoms with van der Waals surface area (Å²) in [5, 5.41) is 13.4. The molecule has 1 aromatic rings. The summed E-state index contributed by atoms with van der Waals surface area (Å²) in [4.78, 5) is 0. The minimum atomic E-state index is -0.756. The smallest absolute Gasteiger partial charge is 0.119 e. The van der Waals surface area contributed by atoms with E-state index in [0.717, 1.165) is 18.7 Å². The highest BCUT2D eigenvalue weighted by molar-refractivity contribution is 5.29. The van der Waals surface area contributed by atoms with Crippen molar-refractivity contribution in [2.45, 2.75) is 52.2 Å². The van der Waals surface area contributed by atoms with E-state index in [1.807, 2.05) is 19.1 Å². The summed E-state index contributed by atoms with van der Waals surface area (Å²) in [6, 6.07) is 8.53. The van der Waals surface area contributed by atoms with Crippen LogP contribution in [0.25, 0.3) is 0 Å². The van der Waals surface area contributed by atoms with Gasteiger partial charge in [0.25, 0.3) is 0 Å². The lowest BCUT2D eigenvalue weighted by molar-refractivity contribution is 0.00846. The molecule has 2 unspecified atom stereocenters. The zero-order valence-electron chi connectivity index (χ0n) is 12.6. The van der Waals surface area contributed by atoms with Crippen molar-refractivity contribution in [1.29, 1.82) is 0 Å². The van der Waals surface area contributed by atoms with E-state index in [1.165, 1.54) is 5.56 Å². The lowest BCUT2D eigenvalue weighted by Gasteiger charge is -2.22. The standard InChI is InChI=1S/C16H27NO2/c1-5-15(17-7-3)13-8-10-14(11-9-13)19-12-16(4,18)6-2/h8-11,15,17-18H,5-7,12H2,1-4H3. The molecule has 0 fully saturated rings. The summed E-state index contributed by atoms with van der Waals surface area (Å²) in [6.07, 6.45) is 1.75. The highest BCUT2D eigenvalue weighted by Gasteiger charge is 2.18. The molecular weight excluding hydrogens is 238 g/mol. The van der Waals surface area contributed by atoms with Crippen molar-refractivity contribution >= 4 is 0 Å². The predicted molar refractivity (Wildman–Crippen MR) is 79.6 cm³/mol. The summed E-state index contributed by atoms with van der Waals surface area (Å²) < 4.78 is 5.62. The van der Waals surface area contributed by atoms with Crippen LogP contribution in [0.4, 0.5) is 0 Å². The van der Waals surface area contributed by atoms with Crippen LogP contribution >= 0.6 is 0 Å². The third-order valence-electron chi connectivity index (χ3n) is 3.45. The molecule has 0 aromatic heterocycles. The van der Waals surface area contributed by atoms with Crippen LogP contribution in [0.2, 0.25) is 0 Å². The van der Waals surface area contributed by atoms with E-state index in [9.17, 15) is 5.11 Å². The first-order valence-corrected chi connectivity index (χ1v) is 7.21. The quantitative estimate of drug-likeness (QED) is 0.758. The van der Waals surface area contributed by atoms with Crippen molar-refractivity contribution < 1.29 is 9.84 Å². The SMILES string of the molecule is CCNC(CC)c1ccc(OCC(C)(O)CC)cc1. The molecule has 0 aliphatic heterocycles. The van der Waals surface area contributed by atoms with E-state index >= 15 is 0 Å². The zero-order chi connectivity index (χ0) is 14.3. The van der Waals surface area contributed by atoms with Crippen molar-refractivity contribution in [2.75, 3.05) is 13.2 Å². The lowest BCUT2D eigenvalue weighted by Crippen LogP contribution is -2.31. The molecule has 3 heteroatoms. The Morgan fingerprint density at radius 3 is 2.32 bits per heavy atom. The summed E-state index contributed by atoms with van der Waals surface area (Å²) in [6.45, 7) is 9.33. The van der Waals surface area contributed by atoms with Gasteiger partial charge in [-0.25, -0.2) is 0 Å². The normalized spacial score (nSPS) is 15.8. The molecule has 0 aliphatic carbocycles. The molecule has 108 valence electrons. The van der Waals surface area contributed by atoms with Crippen LogP contribution in [0.3, 0.4) is 0 Å². The Labute approximate surface area is 117 Å². The number of hydrogen-bond donors (Lipinski definition) is 2. The fraction of sp³-hybridized carbons (Fsp3) is 0.625. The van der Waals surface area contributed by atoms with Crippen LogP contribution in [0.5, 0.6) is 5.75 Å². The van der Waals surface area contributed by atoms with Gasteiger partial charge in [0.05, 0.1) is 5.60 Å². The van der Waals surface area contributed by atoms with Gasteiger partial charge in [-0.3, -0.25) is 0 Å². The molecule has 0 aliphatic rings. The van der Waals surface area contributed by atoms with Crippen LogP contribution in [0, 0.1) is 0 Å². The van der Waals surface area contributed by atoms with Gasteiger partial charge < -0.3 is 15.2 Å². The maximum absolute atomic E-state index is 9.90. The second kappa shape index (κ2) is 7.51. The molecule has 2 atom stereocenters. The number of nitrogens with one attached hydrogen (secondary N) is 1. The summed E-state index contributed by atoms with van der Waals surface area (Å²) in [5.41, 5.74) is 0.521. The van der Waals surface area contributed by atoms with Gasteiger partial charge in [0.2, 0.25) is 0 Å². The molecule has 0 spiro atoms. The number of hydrogen-bond acceptors (Lipinski definition) is 3. The van der Waals surface area contributed by atoms with Crippen molar-refractivity contribution in [2.24, 2.45) is 0 Å². The van der Waals surface area contributed by atoms with Gasteiger partial charge in [-0.2, -0.15) is 0 Å². The minimum absolute atomic E-state index is 0.327. The second-order valence-corrected chi connectivity index (χ2v) is 5.23. The van der Waals surface area contributed by atoms with E-state index in [1.54, 1.807) is 6.92 Å². The molecule has 2 N–H and O–H groups in total. The minimum Gasteiger partial charge on any atom is -0.491 e. The van der Waals surface area contributed by atoms with Crippen molar-refractivity contribution in [3.8, 4) is 5.75 Å². The van der Waals surface area contributed by atoms with Gasteiger partial charge in [-0.15, -0.1) is 0 Å². The average Bonchev–Trinajstić information content (AvgIpc) is 2.43. The first kappa shape index (κ1) is 16.0. The molecule has 0 bridgehead atoms. The van der Waals surface area contributed by atoms with E-state index < -0.39 is 5.60 Å². The number of aliphatic hydroxyl groups is 1. The Hall–Kier alpha value is -1.06. The Kier molecular flexibility index (Phi) is 6.32. The topological polar surface area (TPSA) is 41.5 Å². The van der Waals surface area contributed by atoms with E-state index in [-0.39, 0.29) is 0 Å². The first-order valence-electron chi connectivity index (χ1n) is 7.21. The van der Waals surface area contributed by atoms with Crippen LogP contribution < -0.4 is 10.1 Å². The molecular formula is C16H27NO2. The molecule has 0 radical (unpaired) electrons. The van der Waals surface area contributed by atoms with Crippen LogP contribution in [0.15, 0.2) is 24.3 Å². The number of benzene rings is 1. The van der Waals surface area contributed by atoms with Crippen molar-refractivity contribution in [1.82, 2.24) is 5.32 Å². The average molecular weight is 265 g/mol. The monoisotopic (exact) mass is 265 g/mol. The van der Waals surface area contributed by atoms with Crippen molar-refractivity contribution in [3.63, 3.8) is 0 Å². The molecule has 1 aromatic carbocycles. The third-order valence-corrected chi connectivity index (χ3v) is 3.45. The maximum Gasteiger partial charge on any atom is 0.119 e. The first-order chi connectivity index (χ1) is 9.02. The van der Waals surface area contributed by atoms with Crippen molar-refractivity contribution in [3.05, 3.63) is 29.8 Å². The van der Waals surface area contributed by atoms with Crippen LogP contribution in [-0.4, -0.2) is 23.9 Å². The fourth-order valence-corrected chi connectivity index (χ4v) is 1.88. The van der Waals surface area contributed by atoms with E-state index in [4.69, 9.17) is 4.74 Å². The van der Waals surface area contributed by atoms with E-state index in [0.29, 0.717) is 19.1 Å². The lowest BCUT2D eigenvalue weighted by atomic mass is 10.0. The van der Waals surface area contributed by atoms with Gasteiger partial charge in [0, 0.05) is 6.04 Å². The number of rotatable bonds is 8. The molecule has 3 nitrogen and oxygen atoms in total. The molecule has 0 amide bonds. The Bertz CT molecular complexity index is 360. The number of ether oxygens (including phenoxy) is 1. The fourth-order valence-electron chi connectivity index (χ4n) is 1.88. The molecule has 0 saturated carbocycles. The zero-order valence-corrected chi connectivity index (χ0v) is 12.6. The molecule has 19 heavy (non-hydrogen) atoms. The molecule has 0 heterocycles. The predicted octanol–water partition coefficient (Wildman–Crippen LogP) is 3.29. The largest absolute Gasteiger partial charge is 0.491 e. The Morgan fingerprint density at radius 2 is 1.84 bits per heavy atom. The molecule has 1 rings (SSSR count). The maximum atomic E-state index is 9.90. The molecule has 0 saturated heterocycles. The summed E-state index contributed by atoms with van der Waals surface area (Å²) in [5.74, 6) is 0.809. The van der Waals surface area contributed by atoms with Crippen LogP contribution in [-0.2, 0) is 0 Å². The Morgan fingerprint density at radius 1 is 1.21 bits per heavy atom. The van der Waals surface area contributed by atoms with Gasteiger partial charge in [-0.05, 0) is 44.0 Å². The summed E-state index contributed by atoms with van der Waals surface area (Å²) in [7, 11) is 0. The highest BCUT2D eigenvalue weighted by atomic mass is 16.5. The van der Waals surface area contributed by atoms with Crippen LogP contribution in [0.1, 0.15) is 52.1 Å². The summed E-state index contributed by atoms with van der Waals surface area (Å²) >= 11 is 0. The van der Waals surface area contributed by atoms with Gasteiger partial charge in [0.15, 0.2) is 0 Å². The highest BCUT2D eigenvalue weighted by Crippen LogP contribution is 2.21. The second-order valence-electron chi connectivity index (χ2n) is 5.23. The van der Waals surface area contributed by atoms with Gasteiger partial charge in [0.1, 0.15) is 12.4 Å². The van der Waals surface area contributed by atoms with Gasteiger partial charge in [-0.1, -0.05) is 32.9 Å².